The molecule has 15 nitrogen and oxygen atoms in total. The number of nitrogens with one attached hydrogen (secondary N) is 3. The highest BCUT2D eigenvalue weighted by Crippen LogP contribution is 2.32. The minimum atomic E-state index is -3.80. The predicted octanol–water partition coefficient (Wildman–Crippen LogP) is 0.588. The average molecular weight is 587 g/mol. The second kappa shape index (κ2) is 12.5. The third kappa shape index (κ3) is 6.10. The molecule has 1 fully saturated rings. The standard InChI is InChI=1S/C25H30N8O7S/c1-4-11-32(12-5-2)41(38,39)16-9-7-15(8-10-16)30-25(37)31-21-17-22(28-13-27-21)33(14-29-17)24-19(35)18(34)20(40-24)23(36)26-6-3/h4-5,7-10,13-14,18-20,24,34-35H,1-2,6,11-12H2,3H3,(H,26,36)(H2,27,28,30,31,37)/t18?,19-,20-,24+/m0/s1. The Kier molecular flexibility index (Phi) is 9.09. The number of aliphatic hydroxyl groups is 2. The van der Waals surface area contributed by atoms with Crippen molar-refractivity contribution in [3.63, 3.8) is 0 Å². The molecule has 1 unspecified atom stereocenters. The van der Waals surface area contributed by atoms with Crippen LogP contribution in [-0.4, -0.2) is 92.3 Å². The third-order valence-electron chi connectivity index (χ3n) is 6.13. The van der Waals surface area contributed by atoms with Gasteiger partial charge >= 0.3 is 6.03 Å². The molecule has 41 heavy (non-hydrogen) atoms. The van der Waals surface area contributed by atoms with Gasteiger partial charge in [0, 0.05) is 25.3 Å². The Morgan fingerprint density at radius 1 is 1.07 bits per heavy atom. The van der Waals surface area contributed by atoms with Crippen molar-refractivity contribution in [2.45, 2.75) is 36.4 Å². The Hall–Kier alpha value is -4.22. The van der Waals surface area contributed by atoms with Crippen LogP contribution in [-0.2, 0) is 19.6 Å². The van der Waals surface area contributed by atoms with Gasteiger partial charge in [0.1, 0.15) is 18.5 Å². The van der Waals surface area contributed by atoms with E-state index in [1.54, 1.807) is 6.92 Å². The number of fused-ring (bicyclic) bond motifs is 1. The van der Waals surface area contributed by atoms with Crippen molar-refractivity contribution in [3.05, 3.63) is 62.2 Å². The Labute approximate surface area is 235 Å². The van der Waals surface area contributed by atoms with Gasteiger partial charge in [-0.2, -0.15) is 4.31 Å². The maximum Gasteiger partial charge on any atom is 0.324 e. The molecule has 3 amide bonds. The van der Waals surface area contributed by atoms with Crippen LogP contribution in [0.1, 0.15) is 13.2 Å². The summed E-state index contributed by atoms with van der Waals surface area (Å²) >= 11 is 0. The van der Waals surface area contributed by atoms with E-state index in [2.05, 4.69) is 44.1 Å². The minimum absolute atomic E-state index is 0.0308. The number of anilines is 2. The lowest BCUT2D eigenvalue weighted by molar-refractivity contribution is -0.137. The third-order valence-corrected chi connectivity index (χ3v) is 7.97. The average Bonchev–Trinajstić information content (AvgIpc) is 3.50. The van der Waals surface area contributed by atoms with Crippen molar-refractivity contribution in [3.8, 4) is 0 Å². The van der Waals surface area contributed by atoms with Crippen molar-refractivity contribution >= 4 is 44.6 Å². The Morgan fingerprint density at radius 3 is 2.39 bits per heavy atom. The zero-order chi connectivity index (χ0) is 29.7. The SMILES string of the molecule is C=CCN(CC=C)S(=O)(=O)c1ccc(NC(=O)Nc2ncnc3c2ncn3[C@@H]2O[C@H](C(=O)NCC)C(O)[C@@H]2O)cc1. The fourth-order valence-corrected chi connectivity index (χ4v) is 5.58. The van der Waals surface area contributed by atoms with Crippen LogP contribution >= 0.6 is 0 Å². The van der Waals surface area contributed by atoms with Gasteiger partial charge in [0.05, 0.1) is 11.2 Å². The van der Waals surface area contributed by atoms with E-state index in [0.717, 1.165) is 6.33 Å². The predicted molar refractivity (Wildman–Crippen MR) is 148 cm³/mol. The lowest BCUT2D eigenvalue weighted by Gasteiger charge is -2.19. The van der Waals surface area contributed by atoms with E-state index in [-0.39, 0.29) is 35.0 Å². The van der Waals surface area contributed by atoms with Crippen LogP contribution in [0.4, 0.5) is 16.3 Å². The van der Waals surface area contributed by atoms with Gasteiger partial charge in [-0.15, -0.1) is 13.2 Å². The summed E-state index contributed by atoms with van der Waals surface area (Å²) < 4.78 is 33.9. The van der Waals surface area contributed by atoms with Crippen LogP contribution in [0.25, 0.3) is 11.2 Å². The number of hydrogen-bond donors (Lipinski definition) is 5. The molecule has 16 heteroatoms. The molecule has 0 bridgehead atoms. The summed E-state index contributed by atoms with van der Waals surface area (Å²) in [6, 6.07) is 4.91. The first-order valence-corrected chi connectivity index (χ1v) is 13.9. The molecule has 5 N–H and O–H groups in total. The molecule has 4 rings (SSSR count). The van der Waals surface area contributed by atoms with Crippen LogP contribution < -0.4 is 16.0 Å². The van der Waals surface area contributed by atoms with E-state index >= 15 is 0 Å². The lowest BCUT2D eigenvalue weighted by Crippen LogP contribution is -2.42. The number of rotatable bonds is 11. The van der Waals surface area contributed by atoms with Crippen LogP contribution in [0, 0.1) is 0 Å². The van der Waals surface area contributed by atoms with E-state index in [0.29, 0.717) is 12.2 Å². The van der Waals surface area contributed by atoms with Crippen LogP contribution in [0.5, 0.6) is 0 Å². The summed E-state index contributed by atoms with van der Waals surface area (Å²) in [5, 5.41) is 28.6. The van der Waals surface area contributed by atoms with E-state index in [9.17, 15) is 28.2 Å². The van der Waals surface area contributed by atoms with Gasteiger partial charge in [0.25, 0.3) is 5.91 Å². The number of sulfonamides is 1. The summed E-state index contributed by atoms with van der Waals surface area (Å²) in [6.45, 7) is 9.41. The number of ether oxygens (including phenoxy) is 1. The number of amides is 3. The summed E-state index contributed by atoms with van der Waals surface area (Å²) in [4.78, 5) is 37.4. The zero-order valence-corrected chi connectivity index (χ0v) is 22.9. The Balaban J connectivity index is 1.48. The van der Waals surface area contributed by atoms with Gasteiger partial charge in [-0.05, 0) is 31.2 Å². The Morgan fingerprint density at radius 2 is 1.76 bits per heavy atom. The first-order valence-electron chi connectivity index (χ1n) is 12.5. The molecule has 0 spiro atoms. The second-order valence-electron chi connectivity index (χ2n) is 8.87. The van der Waals surface area contributed by atoms with Gasteiger partial charge in [-0.25, -0.2) is 28.2 Å². The number of urea groups is 1. The highest BCUT2D eigenvalue weighted by atomic mass is 32.2. The molecule has 1 aliphatic rings. The first kappa shape index (κ1) is 29.8. The number of imidazole rings is 1. The minimum Gasteiger partial charge on any atom is -0.387 e. The second-order valence-corrected chi connectivity index (χ2v) is 10.8. The van der Waals surface area contributed by atoms with Crippen molar-refractivity contribution in [2.24, 2.45) is 0 Å². The van der Waals surface area contributed by atoms with Crippen LogP contribution in [0.2, 0.25) is 0 Å². The number of benzene rings is 1. The summed E-state index contributed by atoms with van der Waals surface area (Å²) in [7, 11) is -3.80. The van der Waals surface area contributed by atoms with Crippen molar-refractivity contribution in [2.75, 3.05) is 30.3 Å². The van der Waals surface area contributed by atoms with E-state index in [1.807, 2.05) is 0 Å². The molecule has 3 aromatic rings. The molecule has 0 saturated carbocycles. The van der Waals surface area contributed by atoms with Crippen LogP contribution in [0.15, 0.2) is 67.1 Å². The molecule has 4 atom stereocenters. The summed E-state index contributed by atoms with van der Waals surface area (Å²) in [6.07, 6.45) is -0.0248. The number of carbonyl (C=O) groups excluding carboxylic acids is 2. The molecule has 218 valence electrons. The molecular weight excluding hydrogens is 556 g/mol. The fourth-order valence-electron chi connectivity index (χ4n) is 4.20. The monoisotopic (exact) mass is 586 g/mol. The number of hydrogen-bond acceptors (Lipinski definition) is 10. The summed E-state index contributed by atoms with van der Waals surface area (Å²) in [5.41, 5.74) is 0.630. The van der Waals surface area contributed by atoms with Crippen LogP contribution in [0.3, 0.4) is 0 Å². The molecular formula is C25H30N8O7S. The highest BCUT2D eigenvalue weighted by molar-refractivity contribution is 7.89. The molecule has 0 radical (unpaired) electrons. The molecule has 0 aliphatic carbocycles. The van der Waals surface area contributed by atoms with Gasteiger partial charge < -0.3 is 25.6 Å². The summed E-state index contributed by atoms with van der Waals surface area (Å²) in [5.74, 6) is -0.542. The van der Waals surface area contributed by atoms with Crippen molar-refractivity contribution in [1.82, 2.24) is 29.1 Å². The largest absolute Gasteiger partial charge is 0.387 e. The Bertz CT molecular complexity index is 1530. The first-order chi connectivity index (χ1) is 19.6. The fraction of sp³-hybridized carbons (Fsp3) is 0.320. The van der Waals surface area contributed by atoms with E-state index in [1.165, 1.54) is 51.6 Å². The normalized spacial score (nSPS) is 20.6. The topological polar surface area (TPSA) is 201 Å². The maximum atomic E-state index is 12.9. The number of aromatic nitrogens is 4. The van der Waals surface area contributed by atoms with Gasteiger partial charge in [-0.3, -0.25) is 14.7 Å². The molecule has 2 aromatic heterocycles. The zero-order valence-electron chi connectivity index (χ0n) is 22.0. The smallest absolute Gasteiger partial charge is 0.324 e. The van der Waals surface area contributed by atoms with E-state index in [4.69, 9.17) is 4.74 Å². The van der Waals surface area contributed by atoms with Crippen molar-refractivity contribution in [1.29, 1.82) is 0 Å². The number of aliphatic hydroxyl groups excluding tert-OH is 2. The number of nitrogens with zero attached hydrogens (tertiary/aromatic N) is 5. The number of likely N-dealkylation sites (N-methyl/N-ethyl adjacent to an activating group) is 1. The molecule has 1 aromatic carbocycles. The number of carbonyl (C=O) groups is 2. The highest BCUT2D eigenvalue weighted by Gasteiger charge is 2.47. The van der Waals surface area contributed by atoms with Gasteiger partial charge in [0.2, 0.25) is 10.0 Å². The lowest BCUT2D eigenvalue weighted by atomic mass is 10.1. The molecule has 3 heterocycles. The van der Waals surface area contributed by atoms with Gasteiger partial charge in [0.15, 0.2) is 29.3 Å². The molecule has 1 aliphatic heterocycles. The quantitative estimate of drug-likeness (QED) is 0.198. The van der Waals surface area contributed by atoms with Gasteiger partial charge in [-0.1, -0.05) is 12.2 Å². The molecule has 1 saturated heterocycles. The van der Waals surface area contributed by atoms with E-state index < -0.39 is 46.5 Å². The maximum absolute atomic E-state index is 12.9. The van der Waals surface area contributed by atoms with Crippen molar-refractivity contribution < 1.29 is 33.0 Å².